The monoisotopic (exact) mass is 424 g/mol. The summed E-state index contributed by atoms with van der Waals surface area (Å²) in [6.07, 6.45) is 0.148. The first-order valence-electron chi connectivity index (χ1n) is 10.5. The second kappa shape index (κ2) is 8.23. The maximum absolute atomic E-state index is 14.8. The van der Waals surface area contributed by atoms with E-state index in [1.165, 1.54) is 11.0 Å². The van der Waals surface area contributed by atoms with Crippen LogP contribution < -0.4 is 5.32 Å². The van der Waals surface area contributed by atoms with Gasteiger partial charge < -0.3 is 4.74 Å². The molecule has 6 nitrogen and oxygen atoms in total. The molecule has 0 aromatic heterocycles. The van der Waals surface area contributed by atoms with Crippen LogP contribution >= 0.6 is 0 Å². The van der Waals surface area contributed by atoms with E-state index in [0.29, 0.717) is 0 Å². The lowest BCUT2D eigenvalue weighted by molar-refractivity contribution is -0.156. The SMILES string of the molecule is CCOC(=O)[C@]1(Cc2ccccc2)N[C@H](c2ccccc2F)[C@H]2C(=O)N(CC)C(=O)[C@H]21. The second-order valence-electron chi connectivity index (χ2n) is 7.92. The molecule has 2 aromatic carbocycles. The van der Waals surface area contributed by atoms with Gasteiger partial charge in [-0.25, -0.2) is 4.39 Å². The van der Waals surface area contributed by atoms with Crippen molar-refractivity contribution in [1.29, 1.82) is 0 Å². The van der Waals surface area contributed by atoms with Gasteiger partial charge in [0.25, 0.3) is 0 Å². The van der Waals surface area contributed by atoms with Crippen LogP contribution in [0.5, 0.6) is 0 Å². The Hall–Kier alpha value is -3.06. The molecule has 0 aliphatic carbocycles. The van der Waals surface area contributed by atoms with Gasteiger partial charge in [0.15, 0.2) is 0 Å². The molecule has 2 aromatic rings. The summed E-state index contributed by atoms with van der Waals surface area (Å²) < 4.78 is 20.2. The van der Waals surface area contributed by atoms with E-state index in [1.807, 2.05) is 30.3 Å². The van der Waals surface area contributed by atoms with Gasteiger partial charge in [0, 0.05) is 24.6 Å². The van der Waals surface area contributed by atoms with E-state index in [0.717, 1.165) is 5.56 Å². The molecular weight excluding hydrogens is 399 g/mol. The Balaban J connectivity index is 1.89. The summed E-state index contributed by atoms with van der Waals surface area (Å²) >= 11 is 0. The molecule has 2 fully saturated rings. The van der Waals surface area contributed by atoms with Gasteiger partial charge in [0.05, 0.1) is 18.4 Å². The number of ether oxygens (including phenoxy) is 1. The first kappa shape index (κ1) is 21.2. The smallest absolute Gasteiger partial charge is 0.327 e. The van der Waals surface area contributed by atoms with Crippen LogP contribution in [0.15, 0.2) is 54.6 Å². The number of rotatable bonds is 6. The summed E-state index contributed by atoms with van der Waals surface area (Å²) in [6, 6.07) is 14.6. The van der Waals surface area contributed by atoms with E-state index in [1.54, 1.807) is 32.0 Å². The zero-order valence-electron chi connectivity index (χ0n) is 17.5. The van der Waals surface area contributed by atoms with Gasteiger partial charge in [-0.3, -0.25) is 24.6 Å². The number of nitrogens with one attached hydrogen (secondary N) is 1. The fraction of sp³-hybridized carbons (Fsp3) is 0.375. The maximum atomic E-state index is 14.8. The van der Waals surface area contributed by atoms with E-state index in [9.17, 15) is 18.8 Å². The maximum Gasteiger partial charge on any atom is 0.327 e. The predicted molar refractivity (Wildman–Crippen MR) is 111 cm³/mol. The van der Waals surface area contributed by atoms with Crippen molar-refractivity contribution in [3.05, 3.63) is 71.5 Å². The van der Waals surface area contributed by atoms with Crippen molar-refractivity contribution in [2.45, 2.75) is 31.8 Å². The molecule has 2 aliphatic heterocycles. The Morgan fingerprint density at radius 1 is 1.06 bits per heavy atom. The van der Waals surface area contributed by atoms with Crippen LogP contribution in [0.1, 0.15) is 31.0 Å². The van der Waals surface area contributed by atoms with Crippen LogP contribution in [-0.2, 0) is 25.5 Å². The van der Waals surface area contributed by atoms with Gasteiger partial charge in [-0.15, -0.1) is 0 Å². The number of carbonyl (C=O) groups excluding carboxylic acids is 3. The van der Waals surface area contributed by atoms with E-state index in [2.05, 4.69) is 5.32 Å². The van der Waals surface area contributed by atoms with Gasteiger partial charge in [0.1, 0.15) is 11.4 Å². The first-order chi connectivity index (χ1) is 14.9. The minimum atomic E-state index is -1.48. The van der Waals surface area contributed by atoms with Gasteiger partial charge >= 0.3 is 5.97 Å². The van der Waals surface area contributed by atoms with Crippen molar-refractivity contribution >= 4 is 17.8 Å². The molecule has 31 heavy (non-hydrogen) atoms. The van der Waals surface area contributed by atoms with Crippen LogP contribution in [0, 0.1) is 17.7 Å². The van der Waals surface area contributed by atoms with Gasteiger partial charge in [0.2, 0.25) is 11.8 Å². The molecule has 0 radical (unpaired) electrons. The van der Waals surface area contributed by atoms with E-state index in [-0.39, 0.29) is 25.1 Å². The van der Waals surface area contributed by atoms with Gasteiger partial charge in [-0.1, -0.05) is 48.5 Å². The normalized spacial score (nSPS) is 27.5. The highest BCUT2D eigenvalue weighted by molar-refractivity contribution is 6.09. The van der Waals surface area contributed by atoms with Crippen molar-refractivity contribution in [3.63, 3.8) is 0 Å². The fourth-order valence-electron chi connectivity index (χ4n) is 4.97. The molecule has 162 valence electrons. The number of hydrogen-bond acceptors (Lipinski definition) is 5. The molecule has 4 atom stereocenters. The standard InChI is InChI=1S/C24H25FN2O4/c1-3-27-21(28)18-19(22(27)29)24(23(30)31-4-2,14-15-10-6-5-7-11-15)26-20(18)16-12-8-9-13-17(16)25/h5-13,18-20,26H,3-4,14H2,1-2H3/t18-,19-,20+,24+/m0/s1. The third kappa shape index (κ3) is 3.33. The van der Waals surface area contributed by atoms with Crippen molar-refractivity contribution in [3.8, 4) is 0 Å². The summed E-state index contributed by atoms with van der Waals surface area (Å²) in [4.78, 5) is 41.1. The number of esters is 1. The summed E-state index contributed by atoms with van der Waals surface area (Å²) in [6.45, 7) is 3.72. The zero-order valence-corrected chi connectivity index (χ0v) is 17.5. The first-order valence-corrected chi connectivity index (χ1v) is 10.5. The van der Waals surface area contributed by atoms with Crippen molar-refractivity contribution in [1.82, 2.24) is 10.2 Å². The minimum Gasteiger partial charge on any atom is -0.465 e. The average Bonchev–Trinajstić information content (AvgIpc) is 3.23. The third-order valence-corrected chi connectivity index (χ3v) is 6.27. The highest BCUT2D eigenvalue weighted by Crippen LogP contribution is 2.50. The summed E-state index contributed by atoms with van der Waals surface area (Å²) in [5.74, 6) is -3.79. The molecule has 2 aliphatic rings. The van der Waals surface area contributed by atoms with Crippen LogP contribution in [0.25, 0.3) is 0 Å². The van der Waals surface area contributed by atoms with Crippen LogP contribution in [-0.4, -0.2) is 41.4 Å². The molecule has 2 saturated heterocycles. The zero-order chi connectivity index (χ0) is 22.2. The number of fused-ring (bicyclic) bond motifs is 1. The molecule has 0 saturated carbocycles. The van der Waals surface area contributed by atoms with Crippen LogP contribution in [0.2, 0.25) is 0 Å². The molecule has 0 unspecified atom stereocenters. The van der Waals surface area contributed by atoms with Crippen molar-refractivity contribution in [2.24, 2.45) is 11.8 Å². The molecule has 0 bridgehead atoms. The number of carbonyl (C=O) groups is 3. The number of benzene rings is 2. The van der Waals surface area contributed by atoms with E-state index in [4.69, 9.17) is 4.74 Å². The lowest BCUT2D eigenvalue weighted by Gasteiger charge is -2.33. The number of amides is 2. The quantitative estimate of drug-likeness (QED) is 0.570. The molecule has 2 heterocycles. The Bertz CT molecular complexity index is 1010. The molecule has 4 rings (SSSR count). The summed E-state index contributed by atoms with van der Waals surface area (Å²) in [5.41, 5.74) is -0.409. The number of imide groups is 1. The number of nitrogens with zero attached hydrogens (tertiary/aromatic N) is 1. The summed E-state index contributed by atoms with van der Waals surface area (Å²) in [7, 11) is 0. The van der Waals surface area contributed by atoms with Crippen molar-refractivity contribution < 1.29 is 23.5 Å². The Morgan fingerprint density at radius 3 is 2.39 bits per heavy atom. The summed E-state index contributed by atoms with van der Waals surface area (Å²) in [5, 5.41) is 3.22. The molecule has 1 N–H and O–H groups in total. The number of halogens is 1. The highest BCUT2D eigenvalue weighted by Gasteiger charge is 2.68. The number of hydrogen-bond donors (Lipinski definition) is 1. The molecule has 0 spiro atoms. The fourth-order valence-corrected chi connectivity index (χ4v) is 4.97. The molecule has 2 amide bonds. The second-order valence-corrected chi connectivity index (χ2v) is 7.92. The third-order valence-electron chi connectivity index (χ3n) is 6.27. The Morgan fingerprint density at radius 2 is 1.74 bits per heavy atom. The largest absolute Gasteiger partial charge is 0.465 e. The average molecular weight is 424 g/mol. The lowest BCUT2D eigenvalue weighted by Crippen LogP contribution is -2.58. The predicted octanol–water partition coefficient (Wildman–Crippen LogP) is 2.64. The van der Waals surface area contributed by atoms with E-state index >= 15 is 0 Å². The highest BCUT2D eigenvalue weighted by atomic mass is 19.1. The number of likely N-dealkylation sites (tertiary alicyclic amines) is 1. The lowest BCUT2D eigenvalue weighted by atomic mass is 9.76. The van der Waals surface area contributed by atoms with E-state index < -0.39 is 47.0 Å². The van der Waals surface area contributed by atoms with Crippen molar-refractivity contribution in [2.75, 3.05) is 13.2 Å². The van der Waals surface area contributed by atoms with Crippen LogP contribution in [0.4, 0.5) is 4.39 Å². The molecule has 7 heteroatoms. The Kier molecular flexibility index (Phi) is 5.62. The van der Waals surface area contributed by atoms with Crippen LogP contribution in [0.3, 0.4) is 0 Å². The minimum absolute atomic E-state index is 0.123. The van der Waals surface area contributed by atoms with Gasteiger partial charge in [-0.05, 0) is 25.5 Å². The van der Waals surface area contributed by atoms with Gasteiger partial charge in [-0.2, -0.15) is 0 Å². The Labute approximate surface area is 180 Å². The molecular formula is C24H25FN2O4. The topological polar surface area (TPSA) is 75.7 Å².